The summed E-state index contributed by atoms with van der Waals surface area (Å²) in [5.41, 5.74) is 0.971. The van der Waals surface area contributed by atoms with Crippen LogP contribution in [0.3, 0.4) is 0 Å². The van der Waals surface area contributed by atoms with Crippen LogP contribution in [-0.4, -0.2) is 34.5 Å². The molecule has 16 heavy (non-hydrogen) atoms. The first-order valence-corrected chi connectivity index (χ1v) is 6.46. The van der Waals surface area contributed by atoms with Gasteiger partial charge in [-0.25, -0.2) is 0 Å². The van der Waals surface area contributed by atoms with Gasteiger partial charge >= 0.3 is 0 Å². The first-order chi connectivity index (χ1) is 7.72. The second-order valence-electron chi connectivity index (χ2n) is 3.07. The zero-order chi connectivity index (χ0) is 11.8. The van der Waals surface area contributed by atoms with Crippen molar-refractivity contribution in [3.8, 4) is 5.75 Å². The quantitative estimate of drug-likeness (QED) is 0.543. The van der Waals surface area contributed by atoms with Gasteiger partial charge in [0.2, 0.25) is 0 Å². The highest BCUT2D eigenvalue weighted by Gasteiger charge is 1.96. The van der Waals surface area contributed by atoms with Gasteiger partial charge in [-0.05, 0) is 24.4 Å². The Kier molecular flexibility index (Phi) is 5.95. The van der Waals surface area contributed by atoms with Gasteiger partial charge in [0.05, 0.1) is 11.9 Å². The van der Waals surface area contributed by atoms with Gasteiger partial charge in [-0.15, -0.1) is 0 Å². The number of hydrogen-bond acceptors (Lipinski definition) is 4. The molecule has 0 aliphatic heterocycles. The highest BCUT2D eigenvalue weighted by molar-refractivity contribution is 7.98. The highest BCUT2D eigenvalue weighted by atomic mass is 32.2. The zero-order valence-corrected chi connectivity index (χ0v) is 10.7. The van der Waals surface area contributed by atoms with Gasteiger partial charge in [0.1, 0.15) is 5.75 Å². The zero-order valence-electron chi connectivity index (χ0n) is 9.06. The molecular weight excluding hydrogens is 242 g/mol. The fourth-order valence-electron chi connectivity index (χ4n) is 1.00. The minimum absolute atomic E-state index is 0.204. The van der Waals surface area contributed by atoms with Gasteiger partial charge in [0, 0.05) is 25.1 Å². The van der Waals surface area contributed by atoms with Crippen LogP contribution in [0.1, 0.15) is 5.69 Å². The lowest BCUT2D eigenvalue weighted by atomic mass is 10.4. The second-order valence-corrected chi connectivity index (χ2v) is 4.58. The van der Waals surface area contributed by atoms with E-state index in [4.69, 9.17) is 17.3 Å². The first kappa shape index (κ1) is 13.1. The summed E-state index contributed by atoms with van der Waals surface area (Å²) in [6.45, 7) is 0.836. The summed E-state index contributed by atoms with van der Waals surface area (Å²) in [6, 6.07) is 3.48. The van der Waals surface area contributed by atoms with Crippen molar-refractivity contribution >= 4 is 29.1 Å². The number of aromatic nitrogens is 1. The van der Waals surface area contributed by atoms with Crippen LogP contribution in [0.2, 0.25) is 0 Å². The number of nitrogens with one attached hydrogen (secondary N) is 2. The average molecular weight is 257 g/mol. The molecule has 0 saturated heterocycles. The molecule has 6 heteroatoms. The third-order valence-corrected chi connectivity index (χ3v) is 3.16. The van der Waals surface area contributed by atoms with E-state index < -0.39 is 0 Å². The lowest BCUT2D eigenvalue weighted by Gasteiger charge is -2.06. The maximum absolute atomic E-state index is 9.05. The van der Waals surface area contributed by atoms with Crippen molar-refractivity contribution in [2.75, 3.05) is 19.3 Å². The third kappa shape index (κ3) is 5.18. The molecule has 0 amide bonds. The Hall–Kier alpha value is -1.01. The van der Waals surface area contributed by atoms with E-state index in [0.29, 0.717) is 5.11 Å². The molecule has 0 spiro atoms. The number of nitrogens with zero attached hydrogens (tertiary/aromatic N) is 1. The molecule has 0 aliphatic carbocycles. The summed E-state index contributed by atoms with van der Waals surface area (Å²) in [6.07, 6.45) is 1.46. The van der Waals surface area contributed by atoms with Crippen LogP contribution in [0, 0.1) is 0 Å². The van der Waals surface area contributed by atoms with Crippen molar-refractivity contribution in [1.82, 2.24) is 15.6 Å². The predicted octanol–water partition coefficient (Wildman–Crippen LogP) is 1.11. The lowest BCUT2D eigenvalue weighted by Crippen LogP contribution is -2.33. The van der Waals surface area contributed by atoms with Gasteiger partial charge in [-0.1, -0.05) is 0 Å². The molecule has 0 aliphatic rings. The number of thiocarbonyl (C=S) groups is 1. The summed E-state index contributed by atoms with van der Waals surface area (Å²) in [7, 11) is 1.79. The van der Waals surface area contributed by atoms with Crippen LogP contribution < -0.4 is 10.6 Å². The molecule has 88 valence electrons. The molecular formula is C10H15N3OS2. The number of pyridine rings is 1. The Morgan fingerprint density at radius 3 is 3.00 bits per heavy atom. The molecule has 0 unspecified atom stereocenters. The number of thioether (sulfide) groups is 1. The molecule has 1 heterocycles. The van der Waals surface area contributed by atoms with Crippen molar-refractivity contribution in [2.24, 2.45) is 0 Å². The van der Waals surface area contributed by atoms with Crippen LogP contribution in [0.4, 0.5) is 0 Å². The molecule has 0 bridgehead atoms. The molecule has 3 N–H and O–H groups in total. The minimum atomic E-state index is 0.204. The third-order valence-electron chi connectivity index (χ3n) is 1.82. The average Bonchev–Trinajstić information content (AvgIpc) is 2.31. The largest absolute Gasteiger partial charge is 0.506 e. The minimum Gasteiger partial charge on any atom is -0.506 e. The summed E-state index contributed by atoms with van der Waals surface area (Å²) < 4.78 is 0. The van der Waals surface area contributed by atoms with Gasteiger partial charge in [0.15, 0.2) is 5.11 Å². The standard InChI is InChI=1S/C10H15N3OS2/c1-11-10(15)12-4-5-16-7-8-2-3-9(14)6-13-8/h2-3,6,14H,4-5,7H2,1H3,(H2,11,12,15). The Balaban J connectivity index is 2.11. The smallest absolute Gasteiger partial charge is 0.166 e. The maximum Gasteiger partial charge on any atom is 0.166 e. The van der Waals surface area contributed by atoms with Crippen molar-refractivity contribution in [2.45, 2.75) is 5.75 Å². The summed E-state index contributed by atoms with van der Waals surface area (Å²) in [4.78, 5) is 4.10. The van der Waals surface area contributed by atoms with Crippen LogP contribution in [0.15, 0.2) is 18.3 Å². The molecule has 1 rings (SSSR count). The maximum atomic E-state index is 9.05. The summed E-state index contributed by atoms with van der Waals surface area (Å²) >= 11 is 6.71. The molecule has 0 fully saturated rings. The van der Waals surface area contributed by atoms with Crippen molar-refractivity contribution in [1.29, 1.82) is 0 Å². The number of aromatic hydroxyl groups is 1. The van der Waals surface area contributed by atoms with E-state index in [-0.39, 0.29) is 5.75 Å². The molecule has 0 saturated carbocycles. The Bertz CT molecular complexity index is 329. The van der Waals surface area contributed by atoms with Gasteiger partial charge in [-0.3, -0.25) is 4.98 Å². The first-order valence-electron chi connectivity index (χ1n) is 4.89. The van der Waals surface area contributed by atoms with Crippen LogP contribution >= 0.6 is 24.0 Å². The van der Waals surface area contributed by atoms with E-state index >= 15 is 0 Å². The summed E-state index contributed by atoms with van der Waals surface area (Å²) in [5.74, 6) is 2.01. The fourth-order valence-corrected chi connectivity index (χ4v) is 1.88. The molecule has 1 aromatic heterocycles. The Morgan fingerprint density at radius 2 is 2.38 bits per heavy atom. The van der Waals surface area contributed by atoms with Crippen LogP contribution in [0.25, 0.3) is 0 Å². The van der Waals surface area contributed by atoms with E-state index in [1.54, 1.807) is 24.9 Å². The van der Waals surface area contributed by atoms with Gasteiger partial charge < -0.3 is 15.7 Å². The molecule has 0 atom stereocenters. The van der Waals surface area contributed by atoms with Crippen molar-refractivity contribution in [3.63, 3.8) is 0 Å². The SMILES string of the molecule is CNC(=S)NCCSCc1ccc(O)cn1. The molecule has 4 nitrogen and oxygen atoms in total. The summed E-state index contributed by atoms with van der Waals surface area (Å²) in [5, 5.41) is 15.6. The molecule has 1 aromatic rings. The molecule has 0 radical (unpaired) electrons. The topological polar surface area (TPSA) is 57.2 Å². The predicted molar refractivity (Wildman–Crippen MR) is 71.7 cm³/mol. The number of hydrogen-bond donors (Lipinski definition) is 3. The molecule has 0 aromatic carbocycles. The van der Waals surface area contributed by atoms with E-state index in [1.165, 1.54) is 6.20 Å². The van der Waals surface area contributed by atoms with Crippen molar-refractivity contribution in [3.05, 3.63) is 24.0 Å². The van der Waals surface area contributed by atoms with Gasteiger partial charge in [-0.2, -0.15) is 11.8 Å². The highest BCUT2D eigenvalue weighted by Crippen LogP contribution is 2.12. The van der Waals surface area contributed by atoms with Crippen molar-refractivity contribution < 1.29 is 5.11 Å². The van der Waals surface area contributed by atoms with E-state index in [9.17, 15) is 0 Å². The van der Waals surface area contributed by atoms with E-state index in [1.807, 2.05) is 6.07 Å². The number of rotatable bonds is 5. The lowest BCUT2D eigenvalue weighted by molar-refractivity contribution is 0.472. The Morgan fingerprint density at radius 1 is 1.56 bits per heavy atom. The van der Waals surface area contributed by atoms with Crippen LogP contribution in [0.5, 0.6) is 5.75 Å². The van der Waals surface area contributed by atoms with Crippen LogP contribution in [-0.2, 0) is 5.75 Å². The van der Waals surface area contributed by atoms with E-state index in [2.05, 4.69) is 15.6 Å². The Labute approximate surface area is 105 Å². The monoisotopic (exact) mass is 257 g/mol. The fraction of sp³-hybridized carbons (Fsp3) is 0.400. The normalized spacial score (nSPS) is 9.81. The second kappa shape index (κ2) is 7.29. The van der Waals surface area contributed by atoms with E-state index in [0.717, 1.165) is 23.7 Å². The van der Waals surface area contributed by atoms with Gasteiger partial charge in [0.25, 0.3) is 0 Å².